The molecule has 80 valence electrons. The second-order valence-electron chi connectivity index (χ2n) is 3.66. The summed E-state index contributed by atoms with van der Waals surface area (Å²) in [5, 5.41) is 0. The first-order valence-electron chi connectivity index (χ1n) is 5.36. The molecule has 0 saturated carbocycles. The van der Waals surface area contributed by atoms with Crippen molar-refractivity contribution >= 4 is 6.08 Å². The Bertz CT molecular complexity index is 370. The Hall–Kier alpha value is -1.50. The molecule has 0 bridgehead atoms. The smallest absolute Gasteiger partial charge is 0.0418 e. The molecule has 0 spiro atoms. The van der Waals surface area contributed by atoms with Gasteiger partial charge in [-0.3, -0.25) is 0 Å². The SMILES string of the molecule is C=CC(C=C)=Cc1[nH]cc(CCC)c1C. The summed E-state index contributed by atoms with van der Waals surface area (Å²) in [6.45, 7) is 11.8. The Labute approximate surface area is 92.2 Å². The Kier molecular flexibility index (Phi) is 4.17. The van der Waals surface area contributed by atoms with Gasteiger partial charge in [0.2, 0.25) is 0 Å². The molecule has 0 aliphatic heterocycles. The topological polar surface area (TPSA) is 15.8 Å². The largest absolute Gasteiger partial charge is 0.361 e. The van der Waals surface area contributed by atoms with Gasteiger partial charge in [0.05, 0.1) is 0 Å². The van der Waals surface area contributed by atoms with E-state index in [-0.39, 0.29) is 0 Å². The maximum atomic E-state index is 3.75. The second-order valence-corrected chi connectivity index (χ2v) is 3.66. The fourth-order valence-electron chi connectivity index (χ4n) is 1.60. The van der Waals surface area contributed by atoms with Crippen LogP contribution in [0.2, 0.25) is 0 Å². The Balaban J connectivity index is 3.00. The molecule has 1 heteroatoms. The van der Waals surface area contributed by atoms with Crippen LogP contribution in [0.25, 0.3) is 6.08 Å². The highest BCUT2D eigenvalue weighted by molar-refractivity contribution is 5.60. The first-order chi connectivity index (χ1) is 7.22. The highest BCUT2D eigenvalue weighted by Gasteiger charge is 2.03. The molecule has 0 fully saturated rings. The Morgan fingerprint density at radius 3 is 2.60 bits per heavy atom. The Morgan fingerprint density at radius 2 is 2.07 bits per heavy atom. The van der Waals surface area contributed by atoms with Crippen LogP contribution in [0, 0.1) is 6.92 Å². The van der Waals surface area contributed by atoms with Crippen LogP contribution in [-0.2, 0) is 6.42 Å². The van der Waals surface area contributed by atoms with Crippen LogP contribution >= 0.6 is 0 Å². The minimum Gasteiger partial charge on any atom is -0.361 e. The van der Waals surface area contributed by atoms with Crippen molar-refractivity contribution in [3.05, 3.63) is 53.9 Å². The molecule has 0 amide bonds. The molecule has 1 nitrogen and oxygen atoms in total. The molecule has 1 N–H and O–H groups in total. The van der Waals surface area contributed by atoms with Crippen molar-refractivity contribution in [1.82, 2.24) is 4.98 Å². The lowest BCUT2D eigenvalue weighted by Crippen LogP contribution is -1.84. The third-order valence-electron chi connectivity index (χ3n) is 2.59. The minimum atomic E-state index is 1.04. The van der Waals surface area contributed by atoms with E-state index >= 15 is 0 Å². The van der Waals surface area contributed by atoms with Gasteiger partial charge in [0.15, 0.2) is 0 Å². The molecule has 1 aromatic heterocycles. The number of aromatic amines is 1. The number of H-pyrrole nitrogens is 1. The first kappa shape index (κ1) is 11.6. The van der Waals surface area contributed by atoms with Gasteiger partial charge in [-0.05, 0) is 36.1 Å². The molecule has 1 aromatic rings. The molecule has 0 aliphatic carbocycles. The van der Waals surface area contributed by atoms with E-state index < -0.39 is 0 Å². The summed E-state index contributed by atoms with van der Waals surface area (Å²) in [6.07, 6.45) is 10.1. The molecule has 1 rings (SSSR count). The van der Waals surface area contributed by atoms with Crippen molar-refractivity contribution in [2.75, 3.05) is 0 Å². The number of aromatic nitrogens is 1. The van der Waals surface area contributed by atoms with E-state index in [2.05, 4.69) is 44.3 Å². The van der Waals surface area contributed by atoms with Gasteiger partial charge in [0.1, 0.15) is 0 Å². The molecule has 0 saturated heterocycles. The van der Waals surface area contributed by atoms with E-state index in [1.54, 1.807) is 0 Å². The maximum absolute atomic E-state index is 3.75. The Morgan fingerprint density at radius 1 is 1.40 bits per heavy atom. The van der Waals surface area contributed by atoms with Crippen LogP contribution in [0.5, 0.6) is 0 Å². The second kappa shape index (κ2) is 5.40. The number of rotatable bonds is 5. The number of allylic oxidation sites excluding steroid dienone is 3. The zero-order valence-electron chi connectivity index (χ0n) is 9.64. The molecule has 0 radical (unpaired) electrons. The van der Waals surface area contributed by atoms with Crippen LogP contribution in [0.15, 0.2) is 37.1 Å². The monoisotopic (exact) mass is 201 g/mol. The first-order valence-corrected chi connectivity index (χ1v) is 5.36. The third-order valence-corrected chi connectivity index (χ3v) is 2.59. The summed E-state index contributed by atoms with van der Waals surface area (Å²) < 4.78 is 0. The molecule has 0 atom stereocenters. The van der Waals surface area contributed by atoms with Gasteiger partial charge >= 0.3 is 0 Å². The van der Waals surface area contributed by atoms with Gasteiger partial charge in [0, 0.05) is 11.9 Å². The average Bonchev–Trinajstić information content (AvgIpc) is 2.58. The highest BCUT2D eigenvalue weighted by Crippen LogP contribution is 2.17. The van der Waals surface area contributed by atoms with E-state index in [0.717, 1.165) is 17.7 Å². The average molecular weight is 201 g/mol. The van der Waals surface area contributed by atoms with Crippen LogP contribution in [-0.4, -0.2) is 4.98 Å². The van der Waals surface area contributed by atoms with Gasteiger partial charge in [-0.15, -0.1) is 0 Å². The van der Waals surface area contributed by atoms with Crippen LogP contribution in [0.4, 0.5) is 0 Å². The predicted octanol–water partition coefficient (Wildman–Crippen LogP) is 4.03. The van der Waals surface area contributed by atoms with Gasteiger partial charge in [-0.25, -0.2) is 0 Å². The molecule has 15 heavy (non-hydrogen) atoms. The zero-order chi connectivity index (χ0) is 11.3. The lowest BCUT2D eigenvalue weighted by atomic mass is 10.1. The number of hydrogen-bond acceptors (Lipinski definition) is 0. The molecule has 0 aliphatic rings. The maximum Gasteiger partial charge on any atom is 0.0418 e. The van der Waals surface area contributed by atoms with Crippen molar-refractivity contribution in [2.45, 2.75) is 26.7 Å². The van der Waals surface area contributed by atoms with Crippen LogP contribution < -0.4 is 0 Å². The summed E-state index contributed by atoms with van der Waals surface area (Å²) >= 11 is 0. The number of nitrogens with one attached hydrogen (secondary N) is 1. The number of hydrogen-bond donors (Lipinski definition) is 1. The van der Waals surface area contributed by atoms with Gasteiger partial charge in [-0.1, -0.05) is 38.7 Å². The third kappa shape index (κ3) is 2.72. The normalized spacial score (nSPS) is 9.73. The van der Waals surface area contributed by atoms with Crippen LogP contribution in [0.1, 0.15) is 30.2 Å². The lowest BCUT2D eigenvalue weighted by Gasteiger charge is -1.98. The van der Waals surface area contributed by atoms with Crippen molar-refractivity contribution in [1.29, 1.82) is 0 Å². The fourth-order valence-corrected chi connectivity index (χ4v) is 1.60. The lowest BCUT2D eigenvalue weighted by molar-refractivity contribution is 0.916. The summed E-state index contributed by atoms with van der Waals surface area (Å²) in [5.41, 5.74) is 4.94. The molecule has 0 aromatic carbocycles. The van der Waals surface area contributed by atoms with E-state index in [0.29, 0.717) is 0 Å². The van der Waals surface area contributed by atoms with Gasteiger partial charge in [-0.2, -0.15) is 0 Å². The highest BCUT2D eigenvalue weighted by atomic mass is 14.7. The van der Waals surface area contributed by atoms with Gasteiger partial charge in [0.25, 0.3) is 0 Å². The molecule has 1 heterocycles. The van der Waals surface area contributed by atoms with Crippen molar-refractivity contribution in [3.8, 4) is 0 Å². The number of aryl methyl sites for hydroxylation is 1. The summed E-state index contributed by atoms with van der Waals surface area (Å²) in [4.78, 5) is 3.29. The molecule has 0 unspecified atom stereocenters. The minimum absolute atomic E-state index is 1.04. The standard InChI is InChI=1S/C14H19N/c1-5-8-13-10-15-14(11(13)4)9-12(6-2)7-3/h6-7,9-10,15H,2-3,5,8H2,1,4H3. The molecular formula is C14H19N. The van der Waals surface area contributed by atoms with Gasteiger partial charge < -0.3 is 4.98 Å². The van der Waals surface area contributed by atoms with Crippen molar-refractivity contribution in [3.63, 3.8) is 0 Å². The quantitative estimate of drug-likeness (QED) is 0.692. The van der Waals surface area contributed by atoms with Crippen molar-refractivity contribution in [2.24, 2.45) is 0 Å². The predicted molar refractivity (Wildman–Crippen MR) is 67.9 cm³/mol. The van der Waals surface area contributed by atoms with E-state index in [1.165, 1.54) is 17.5 Å². The summed E-state index contributed by atoms with van der Waals surface area (Å²) in [5.74, 6) is 0. The van der Waals surface area contributed by atoms with Crippen molar-refractivity contribution < 1.29 is 0 Å². The van der Waals surface area contributed by atoms with E-state index in [1.807, 2.05) is 12.2 Å². The summed E-state index contributed by atoms with van der Waals surface area (Å²) in [6, 6.07) is 0. The van der Waals surface area contributed by atoms with E-state index in [9.17, 15) is 0 Å². The molecular weight excluding hydrogens is 182 g/mol. The summed E-state index contributed by atoms with van der Waals surface area (Å²) in [7, 11) is 0. The fraction of sp³-hybridized carbons (Fsp3) is 0.286. The zero-order valence-corrected chi connectivity index (χ0v) is 9.64. The van der Waals surface area contributed by atoms with Crippen LogP contribution in [0.3, 0.4) is 0 Å². The van der Waals surface area contributed by atoms with E-state index in [4.69, 9.17) is 0 Å².